The van der Waals surface area contributed by atoms with Crippen molar-refractivity contribution in [1.29, 1.82) is 0 Å². The number of aliphatic hydroxyl groups excluding tert-OH is 1. The first-order chi connectivity index (χ1) is 9.58. The highest BCUT2D eigenvalue weighted by Gasteiger charge is 2.14. The number of nitrogens with one attached hydrogen (secondary N) is 1. The molecule has 1 aromatic heterocycles. The number of hydrogen-bond acceptors (Lipinski definition) is 4. The average molecular weight is 274 g/mol. The van der Waals surface area contributed by atoms with Gasteiger partial charge in [-0.05, 0) is 32.8 Å². The Morgan fingerprint density at radius 1 is 1.25 bits per heavy atom. The van der Waals surface area contributed by atoms with Crippen LogP contribution in [-0.2, 0) is 6.54 Å². The normalized spacial score (nSPS) is 14.2. The van der Waals surface area contributed by atoms with E-state index in [4.69, 9.17) is 4.52 Å². The average Bonchev–Trinajstić information content (AvgIpc) is 2.77. The van der Waals surface area contributed by atoms with Gasteiger partial charge in [0.2, 0.25) is 0 Å². The Bertz CT molecular complexity index is 517. The highest BCUT2D eigenvalue weighted by atomic mass is 16.5. The van der Waals surface area contributed by atoms with E-state index in [0.717, 1.165) is 22.6 Å². The van der Waals surface area contributed by atoms with Crippen molar-refractivity contribution >= 4 is 0 Å². The fourth-order valence-corrected chi connectivity index (χ4v) is 2.26. The van der Waals surface area contributed by atoms with Crippen molar-refractivity contribution in [2.24, 2.45) is 0 Å². The monoisotopic (exact) mass is 274 g/mol. The molecular formula is C16H22N2O2. The summed E-state index contributed by atoms with van der Waals surface area (Å²) < 4.78 is 5.14. The molecule has 0 aliphatic rings. The first-order valence-electron chi connectivity index (χ1n) is 6.96. The van der Waals surface area contributed by atoms with Crippen LogP contribution < -0.4 is 5.32 Å². The molecule has 1 heterocycles. The van der Waals surface area contributed by atoms with Crippen LogP contribution in [0.5, 0.6) is 0 Å². The van der Waals surface area contributed by atoms with E-state index in [0.29, 0.717) is 13.0 Å². The van der Waals surface area contributed by atoms with Crippen LogP contribution in [-0.4, -0.2) is 16.3 Å². The summed E-state index contributed by atoms with van der Waals surface area (Å²) in [4.78, 5) is 0. The third kappa shape index (κ3) is 3.68. The lowest BCUT2D eigenvalue weighted by molar-refractivity contribution is 0.154. The largest absolute Gasteiger partial charge is 0.388 e. The zero-order valence-corrected chi connectivity index (χ0v) is 12.3. The fourth-order valence-electron chi connectivity index (χ4n) is 2.26. The molecular weight excluding hydrogens is 252 g/mol. The smallest absolute Gasteiger partial charge is 0.138 e. The summed E-state index contributed by atoms with van der Waals surface area (Å²) in [6.45, 7) is 6.64. The van der Waals surface area contributed by atoms with E-state index < -0.39 is 6.10 Å². The molecule has 0 bridgehead atoms. The number of aromatic nitrogens is 1. The van der Waals surface area contributed by atoms with Crippen LogP contribution in [0.1, 0.15) is 42.0 Å². The summed E-state index contributed by atoms with van der Waals surface area (Å²) in [5.74, 6) is 0.853. The van der Waals surface area contributed by atoms with E-state index in [2.05, 4.69) is 17.4 Å². The van der Waals surface area contributed by atoms with Crippen LogP contribution in [0.2, 0.25) is 0 Å². The van der Waals surface area contributed by atoms with Gasteiger partial charge in [-0.25, -0.2) is 0 Å². The minimum absolute atomic E-state index is 0.207. The summed E-state index contributed by atoms with van der Waals surface area (Å²) in [5.41, 5.74) is 2.98. The van der Waals surface area contributed by atoms with Gasteiger partial charge in [0.25, 0.3) is 0 Å². The van der Waals surface area contributed by atoms with Gasteiger partial charge in [0, 0.05) is 18.2 Å². The molecule has 0 saturated heterocycles. The van der Waals surface area contributed by atoms with Gasteiger partial charge in [-0.15, -0.1) is 0 Å². The van der Waals surface area contributed by atoms with Gasteiger partial charge in [-0.2, -0.15) is 0 Å². The second-order valence-electron chi connectivity index (χ2n) is 5.25. The van der Waals surface area contributed by atoms with Crippen LogP contribution in [0.25, 0.3) is 0 Å². The third-order valence-electron chi connectivity index (χ3n) is 3.57. The summed E-state index contributed by atoms with van der Waals surface area (Å²) in [7, 11) is 0. The minimum atomic E-state index is -0.441. The summed E-state index contributed by atoms with van der Waals surface area (Å²) >= 11 is 0. The lowest BCUT2D eigenvalue weighted by Crippen LogP contribution is -2.27. The molecule has 20 heavy (non-hydrogen) atoms. The quantitative estimate of drug-likeness (QED) is 0.850. The van der Waals surface area contributed by atoms with Gasteiger partial charge in [0.15, 0.2) is 0 Å². The number of benzene rings is 1. The second-order valence-corrected chi connectivity index (χ2v) is 5.25. The van der Waals surface area contributed by atoms with E-state index in [-0.39, 0.29) is 6.04 Å². The molecule has 4 nitrogen and oxygen atoms in total. The van der Waals surface area contributed by atoms with E-state index in [1.807, 2.05) is 44.2 Å². The van der Waals surface area contributed by atoms with Gasteiger partial charge in [-0.3, -0.25) is 0 Å². The summed E-state index contributed by atoms with van der Waals surface area (Å²) in [5, 5.41) is 17.5. The lowest BCUT2D eigenvalue weighted by atomic mass is 10.0. The van der Waals surface area contributed by atoms with Crippen LogP contribution in [0.4, 0.5) is 0 Å². The zero-order chi connectivity index (χ0) is 14.5. The molecule has 4 heteroatoms. The van der Waals surface area contributed by atoms with Crippen molar-refractivity contribution < 1.29 is 9.63 Å². The molecule has 0 aliphatic heterocycles. The maximum atomic E-state index is 10.2. The fraction of sp³-hybridized carbons (Fsp3) is 0.438. The maximum Gasteiger partial charge on any atom is 0.138 e. The van der Waals surface area contributed by atoms with Crippen LogP contribution >= 0.6 is 0 Å². The molecule has 0 aliphatic carbocycles. The molecule has 2 atom stereocenters. The highest BCUT2D eigenvalue weighted by Crippen LogP contribution is 2.18. The SMILES string of the molecule is Cc1noc(C)c1CNC(C)CC(O)c1ccccc1. The zero-order valence-electron chi connectivity index (χ0n) is 12.3. The van der Waals surface area contributed by atoms with Gasteiger partial charge in [-0.1, -0.05) is 35.5 Å². The number of aliphatic hydroxyl groups is 1. The Labute approximate surface area is 119 Å². The number of rotatable bonds is 6. The van der Waals surface area contributed by atoms with Crippen molar-refractivity contribution in [3.8, 4) is 0 Å². The highest BCUT2D eigenvalue weighted by molar-refractivity contribution is 5.20. The Kier molecular flexibility index (Phi) is 4.93. The van der Waals surface area contributed by atoms with Gasteiger partial charge in [0.1, 0.15) is 5.76 Å². The Balaban J connectivity index is 1.85. The molecule has 2 aromatic rings. The molecule has 0 radical (unpaired) electrons. The molecule has 0 amide bonds. The topological polar surface area (TPSA) is 58.3 Å². The van der Waals surface area contributed by atoms with Crippen molar-refractivity contribution in [3.63, 3.8) is 0 Å². The van der Waals surface area contributed by atoms with Crippen LogP contribution in [0.3, 0.4) is 0 Å². The molecule has 108 valence electrons. The van der Waals surface area contributed by atoms with Gasteiger partial charge < -0.3 is 14.9 Å². The third-order valence-corrected chi connectivity index (χ3v) is 3.57. The number of hydrogen-bond donors (Lipinski definition) is 2. The van der Waals surface area contributed by atoms with E-state index in [1.54, 1.807) is 0 Å². The molecule has 1 aromatic carbocycles. The maximum absolute atomic E-state index is 10.2. The number of nitrogens with zero attached hydrogens (tertiary/aromatic N) is 1. The standard InChI is InChI=1S/C16H22N2O2/c1-11(9-16(19)14-7-5-4-6-8-14)17-10-15-12(2)18-20-13(15)3/h4-8,11,16-17,19H,9-10H2,1-3H3. The lowest BCUT2D eigenvalue weighted by Gasteiger charge is -2.18. The first-order valence-corrected chi connectivity index (χ1v) is 6.96. The van der Waals surface area contributed by atoms with Crippen molar-refractivity contribution in [1.82, 2.24) is 10.5 Å². The van der Waals surface area contributed by atoms with Crippen LogP contribution in [0, 0.1) is 13.8 Å². The van der Waals surface area contributed by atoms with E-state index in [1.165, 1.54) is 0 Å². The molecule has 0 spiro atoms. The Hall–Kier alpha value is -1.65. The molecule has 0 saturated carbocycles. The minimum Gasteiger partial charge on any atom is -0.388 e. The Morgan fingerprint density at radius 2 is 1.95 bits per heavy atom. The van der Waals surface area contributed by atoms with Gasteiger partial charge in [0.05, 0.1) is 11.8 Å². The van der Waals surface area contributed by atoms with Crippen molar-refractivity contribution in [2.75, 3.05) is 0 Å². The van der Waals surface area contributed by atoms with Crippen molar-refractivity contribution in [2.45, 2.75) is 45.9 Å². The van der Waals surface area contributed by atoms with E-state index >= 15 is 0 Å². The first kappa shape index (κ1) is 14.8. The predicted molar refractivity (Wildman–Crippen MR) is 78.3 cm³/mol. The van der Waals surface area contributed by atoms with E-state index in [9.17, 15) is 5.11 Å². The molecule has 2 N–H and O–H groups in total. The summed E-state index contributed by atoms with van der Waals surface area (Å²) in [6, 6.07) is 9.95. The Morgan fingerprint density at radius 3 is 2.55 bits per heavy atom. The van der Waals surface area contributed by atoms with Gasteiger partial charge >= 0.3 is 0 Å². The summed E-state index contributed by atoms with van der Waals surface area (Å²) in [6.07, 6.45) is 0.233. The van der Waals surface area contributed by atoms with Crippen molar-refractivity contribution in [3.05, 3.63) is 52.9 Å². The molecule has 2 rings (SSSR count). The molecule has 0 fully saturated rings. The predicted octanol–water partition coefficient (Wildman–Crippen LogP) is 2.89. The number of aryl methyl sites for hydroxylation is 2. The molecule has 2 unspecified atom stereocenters. The second kappa shape index (κ2) is 6.68. The van der Waals surface area contributed by atoms with Crippen LogP contribution in [0.15, 0.2) is 34.9 Å².